The Hall–Kier alpha value is -1.99. The van der Waals surface area contributed by atoms with Crippen LogP contribution in [-0.2, 0) is 0 Å². The number of ketones is 1. The molecule has 1 aromatic carbocycles. The van der Waals surface area contributed by atoms with E-state index in [4.69, 9.17) is 5.73 Å². The summed E-state index contributed by atoms with van der Waals surface area (Å²) in [5, 5.41) is 7.23. The number of carbonyl (C=O) groups is 1. The first-order chi connectivity index (χ1) is 10.6. The van der Waals surface area contributed by atoms with Crippen molar-refractivity contribution in [2.45, 2.75) is 18.9 Å². The third kappa shape index (κ3) is 3.26. The van der Waals surface area contributed by atoms with Crippen LogP contribution in [0.15, 0.2) is 24.3 Å². The summed E-state index contributed by atoms with van der Waals surface area (Å²) >= 11 is 1.21. The molecule has 2 heterocycles. The molecule has 2 aromatic rings. The Balaban J connectivity index is 1.78. The Kier molecular flexibility index (Phi) is 4.35. The molecule has 1 fully saturated rings. The minimum absolute atomic E-state index is 0.186. The van der Waals surface area contributed by atoms with E-state index in [9.17, 15) is 9.18 Å². The predicted molar refractivity (Wildman–Crippen MR) is 85.9 cm³/mol. The number of thiazole rings is 1. The van der Waals surface area contributed by atoms with Crippen LogP contribution in [-0.4, -0.2) is 29.9 Å². The van der Waals surface area contributed by atoms with Gasteiger partial charge in [0.05, 0.1) is 0 Å². The van der Waals surface area contributed by atoms with Crippen LogP contribution in [0.25, 0.3) is 0 Å². The van der Waals surface area contributed by atoms with Gasteiger partial charge in [-0.05, 0) is 31.5 Å². The number of benzene rings is 1. The molecule has 0 amide bonds. The summed E-state index contributed by atoms with van der Waals surface area (Å²) in [5.41, 5.74) is 6.13. The van der Waals surface area contributed by atoms with Crippen molar-refractivity contribution < 1.29 is 9.18 Å². The summed E-state index contributed by atoms with van der Waals surface area (Å²) in [6, 6.07) is 5.88. The Morgan fingerprint density at radius 3 is 3.09 bits per heavy atom. The zero-order valence-corrected chi connectivity index (χ0v) is 12.8. The Morgan fingerprint density at radius 2 is 2.36 bits per heavy atom. The van der Waals surface area contributed by atoms with E-state index in [-0.39, 0.29) is 23.2 Å². The SMILES string of the molecule is Nc1nc(NC2CCCNC2)sc1C(=O)c1cccc(F)c1. The van der Waals surface area contributed by atoms with Crippen molar-refractivity contribution in [3.05, 3.63) is 40.5 Å². The summed E-state index contributed by atoms with van der Waals surface area (Å²) in [7, 11) is 0. The lowest BCUT2D eigenvalue weighted by Gasteiger charge is -2.23. The molecule has 0 radical (unpaired) electrons. The van der Waals surface area contributed by atoms with Crippen molar-refractivity contribution in [1.29, 1.82) is 0 Å². The lowest BCUT2D eigenvalue weighted by molar-refractivity contribution is 0.104. The number of aromatic nitrogens is 1. The largest absolute Gasteiger partial charge is 0.382 e. The normalized spacial score (nSPS) is 18.1. The van der Waals surface area contributed by atoms with Crippen LogP contribution < -0.4 is 16.4 Å². The highest BCUT2D eigenvalue weighted by atomic mass is 32.1. The number of nitrogens with zero attached hydrogens (tertiary/aromatic N) is 1. The van der Waals surface area contributed by atoms with E-state index in [2.05, 4.69) is 15.6 Å². The third-order valence-corrected chi connectivity index (χ3v) is 4.57. The van der Waals surface area contributed by atoms with Crippen LogP contribution in [0.5, 0.6) is 0 Å². The molecule has 0 aliphatic carbocycles. The van der Waals surface area contributed by atoms with Crippen molar-refractivity contribution >= 4 is 28.1 Å². The van der Waals surface area contributed by atoms with Gasteiger partial charge in [0.25, 0.3) is 0 Å². The molecular formula is C15H17FN4OS. The molecular weight excluding hydrogens is 303 g/mol. The van der Waals surface area contributed by atoms with Gasteiger partial charge in [0.1, 0.15) is 16.5 Å². The van der Waals surface area contributed by atoms with Gasteiger partial charge in [-0.3, -0.25) is 4.79 Å². The first-order valence-electron chi connectivity index (χ1n) is 7.17. The molecule has 0 saturated carbocycles. The van der Waals surface area contributed by atoms with Crippen LogP contribution in [0.2, 0.25) is 0 Å². The second-order valence-electron chi connectivity index (χ2n) is 5.26. The fourth-order valence-electron chi connectivity index (χ4n) is 2.47. The maximum absolute atomic E-state index is 13.2. The highest BCUT2D eigenvalue weighted by molar-refractivity contribution is 7.18. The number of piperidine rings is 1. The summed E-state index contributed by atoms with van der Waals surface area (Å²) in [6.07, 6.45) is 2.16. The Bertz CT molecular complexity index is 682. The topological polar surface area (TPSA) is 80.0 Å². The quantitative estimate of drug-likeness (QED) is 0.753. The highest BCUT2D eigenvalue weighted by Gasteiger charge is 2.20. The van der Waals surface area contributed by atoms with E-state index in [0.29, 0.717) is 10.0 Å². The molecule has 0 spiro atoms. The predicted octanol–water partition coefficient (Wildman–Crippen LogP) is 2.26. The van der Waals surface area contributed by atoms with E-state index in [1.807, 2.05) is 0 Å². The zero-order valence-electron chi connectivity index (χ0n) is 11.9. The van der Waals surface area contributed by atoms with Gasteiger partial charge in [0, 0.05) is 18.2 Å². The highest BCUT2D eigenvalue weighted by Crippen LogP contribution is 2.28. The summed E-state index contributed by atoms with van der Waals surface area (Å²) in [6.45, 7) is 1.90. The molecule has 22 heavy (non-hydrogen) atoms. The summed E-state index contributed by atoms with van der Waals surface area (Å²) in [4.78, 5) is 17.0. The van der Waals surface area contributed by atoms with Gasteiger partial charge in [0.15, 0.2) is 5.13 Å². The molecule has 0 bridgehead atoms. The van der Waals surface area contributed by atoms with Crippen molar-refractivity contribution in [2.24, 2.45) is 0 Å². The van der Waals surface area contributed by atoms with E-state index < -0.39 is 5.82 Å². The summed E-state index contributed by atoms with van der Waals surface area (Å²) in [5.74, 6) is -0.560. The van der Waals surface area contributed by atoms with Gasteiger partial charge in [-0.25, -0.2) is 9.37 Å². The van der Waals surface area contributed by atoms with Crippen LogP contribution in [0, 0.1) is 5.82 Å². The maximum atomic E-state index is 13.2. The molecule has 5 nitrogen and oxygen atoms in total. The number of nitrogens with two attached hydrogens (primary N) is 1. The van der Waals surface area contributed by atoms with Crippen LogP contribution in [0.3, 0.4) is 0 Å². The summed E-state index contributed by atoms with van der Waals surface area (Å²) < 4.78 is 13.2. The molecule has 3 rings (SSSR count). The van der Waals surface area contributed by atoms with Crippen molar-refractivity contribution in [1.82, 2.24) is 10.3 Å². The molecule has 4 N–H and O–H groups in total. The minimum Gasteiger partial charge on any atom is -0.382 e. The lowest BCUT2D eigenvalue weighted by Crippen LogP contribution is -2.38. The number of hydrogen-bond donors (Lipinski definition) is 3. The molecule has 1 aromatic heterocycles. The number of halogens is 1. The van der Waals surface area contributed by atoms with Crippen LogP contribution in [0.4, 0.5) is 15.3 Å². The van der Waals surface area contributed by atoms with Crippen molar-refractivity contribution in [3.8, 4) is 0 Å². The van der Waals surface area contributed by atoms with Gasteiger partial charge >= 0.3 is 0 Å². The van der Waals surface area contributed by atoms with Gasteiger partial charge in [-0.1, -0.05) is 23.5 Å². The number of anilines is 2. The number of carbonyl (C=O) groups excluding carboxylic acids is 1. The van der Waals surface area contributed by atoms with Gasteiger partial charge in [0.2, 0.25) is 5.78 Å². The van der Waals surface area contributed by atoms with Crippen LogP contribution >= 0.6 is 11.3 Å². The average molecular weight is 320 g/mol. The minimum atomic E-state index is -0.444. The van der Waals surface area contributed by atoms with Gasteiger partial charge < -0.3 is 16.4 Å². The van der Waals surface area contributed by atoms with E-state index in [0.717, 1.165) is 25.9 Å². The lowest BCUT2D eigenvalue weighted by atomic mass is 10.1. The van der Waals surface area contributed by atoms with Crippen molar-refractivity contribution in [2.75, 3.05) is 24.1 Å². The molecule has 1 aliphatic heterocycles. The fourth-order valence-corrected chi connectivity index (χ4v) is 3.39. The molecule has 1 saturated heterocycles. The monoisotopic (exact) mass is 320 g/mol. The van der Waals surface area contributed by atoms with E-state index in [1.165, 1.54) is 29.5 Å². The molecule has 1 unspecified atom stereocenters. The first-order valence-corrected chi connectivity index (χ1v) is 7.99. The molecule has 1 aliphatic rings. The smallest absolute Gasteiger partial charge is 0.206 e. The second kappa shape index (κ2) is 6.41. The van der Waals surface area contributed by atoms with Crippen molar-refractivity contribution in [3.63, 3.8) is 0 Å². The second-order valence-corrected chi connectivity index (χ2v) is 6.26. The van der Waals surface area contributed by atoms with Gasteiger partial charge in [-0.15, -0.1) is 0 Å². The standard InChI is InChI=1S/C15H17FN4OS/c16-10-4-1-3-9(7-10)12(21)13-14(17)20-15(22-13)19-11-5-2-6-18-8-11/h1,3-4,7,11,18H,2,5-6,8,17H2,(H,19,20). The van der Waals surface area contributed by atoms with E-state index >= 15 is 0 Å². The maximum Gasteiger partial charge on any atom is 0.206 e. The zero-order chi connectivity index (χ0) is 15.5. The number of nitrogens with one attached hydrogen (secondary N) is 2. The molecule has 1 atom stereocenters. The molecule has 116 valence electrons. The van der Waals surface area contributed by atoms with Gasteiger partial charge in [-0.2, -0.15) is 0 Å². The first kappa shape index (κ1) is 14.9. The number of nitrogen functional groups attached to an aromatic ring is 1. The Labute approximate surface area is 131 Å². The third-order valence-electron chi connectivity index (χ3n) is 3.57. The average Bonchev–Trinajstić information content (AvgIpc) is 2.88. The Morgan fingerprint density at radius 1 is 1.50 bits per heavy atom. The fraction of sp³-hybridized carbons (Fsp3) is 0.333. The van der Waals surface area contributed by atoms with Crippen LogP contribution in [0.1, 0.15) is 28.1 Å². The molecule has 7 heteroatoms. The number of hydrogen-bond acceptors (Lipinski definition) is 6. The number of rotatable bonds is 4. The van der Waals surface area contributed by atoms with E-state index in [1.54, 1.807) is 6.07 Å².